The van der Waals surface area contributed by atoms with Crippen LogP contribution in [0.15, 0.2) is 0 Å². The van der Waals surface area contributed by atoms with E-state index in [1.54, 1.807) is 7.11 Å². The Hall–Kier alpha value is -1.30. The van der Waals surface area contributed by atoms with Crippen LogP contribution in [-0.2, 0) is 9.53 Å². The maximum Gasteiger partial charge on any atom is 0.315 e. The number of urea groups is 1. The fourth-order valence-corrected chi connectivity index (χ4v) is 2.49. The predicted octanol–water partition coefficient (Wildman–Crippen LogP) is 1.74. The number of nitrogens with one attached hydrogen (secondary N) is 2. The number of hydrogen-bond acceptors (Lipinski definition) is 3. The van der Waals surface area contributed by atoms with Gasteiger partial charge in [-0.3, -0.25) is 4.79 Å². The Morgan fingerprint density at radius 3 is 2.50 bits per heavy atom. The Labute approximate surface area is 120 Å². The molecule has 6 heteroatoms. The molecule has 3 N–H and O–H groups in total. The van der Waals surface area contributed by atoms with Crippen LogP contribution in [0, 0.1) is 5.41 Å². The zero-order valence-corrected chi connectivity index (χ0v) is 12.7. The number of rotatable bonds is 5. The SMILES string of the molecule is COC1CCCC1NC(=O)NC(CC(=O)O)C(C)(C)C. The van der Waals surface area contributed by atoms with Crippen LogP contribution in [0.1, 0.15) is 46.5 Å². The van der Waals surface area contributed by atoms with E-state index in [4.69, 9.17) is 9.84 Å². The molecule has 2 amide bonds. The first-order chi connectivity index (χ1) is 9.24. The minimum atomic E-state index is -0.916. The number of carbonyl (C=O) groups excluding carboxylic acids is 1. The van der Waals surface area contributed by atoms with Crippen LogP contribution in [0.3, 0.4) is 0 Å². The molecule has 0 aromatic rings. The summed E-state index contributed by atoms with van der Waals surface area (Å²) in [5.41, 5.74) is -0.313. The Balaban J connectivity index is 2.55. The van der Waals surface area contributed by atoms with Gasteiger partial charge in [0.1, 0.15) is 0 Å². The standard InChI is InChI=1S/C14H26N2O4/c1-14(2,3)11(8-12(17)18)16-13(19)15-9-6-5-7-10(9)20-4/h9-11H,5-8H2,1-4H3,(H,17,18)(H2,15,16,19). The van der Waals surface area contributed by atoms with Crippen LogP contribution in [-0.4, -0.2) is 42.4 Å². The second kappa shape index (κ2) is 6.92. The van der Waals surface area contributed by atoms with E-state index in [0.29, 0.717) is 0 Å². The van der Waals surface area contributed by atoms with Crippen molar-refractivity contribution in [2.75, 3.05) is 7.11 Å². The van der Waals surface area contributed by atoms with Gasteiger partial charge in [0.05, 0.1) is 18.6 Å². The lowest BCUT2D eigenvalue weighted by Crippen LogP contribution is -2.52. The molecule has 0 aliphatic heterocycles. The van der Waals surface area contributed by atoms with Gasteiger partial charge in [-0.05, 0) is 24.7 Å². The number of methoxy groups -OCH3 is 1. The summed E-state index contributed by atoms with van der Waals surface area (Å²) in [7, 11) is 1.64. The summed E-state index contributed by atoms with van der Waals surface area (Å²) in [6.07, 6.45) is 2.83. The lowest BCUT2D eigenvalue weighted by Gasteiger charge is -2.31. The van der Waals surface area contributed by atoms with Crippen molar-refractivity contribution in [1.29, 1.82) is 0 Å². The molecule has 1 rings (SSSR count). The third-order valence-corrected chi connectivity index (χ3v) is 3.80. The fraction of sp³-hybridized carbons (Fsp3) is 0.857. The number of carboxylic acids is 1. The minimum absolute atomic E-state index is 0.00504. The molecule has 0 aromatic carbocycles. The molecule has 0 heterocycles. The van der Waals surface area contributed by atoms with Crippen LogP contribution in [0.25, 0.3) is 0 Å². The topological polar surface area (TPSA) is 87.7 Å². The highest BCUT2D eigenvalue weighted by molar-refractivity contribution is 5.76. The van der Waals surface area contributed by atoms with Gasteiger partial charge in [-0.15, -0.1) is 0 Å². The van der Waals surface area contributed by atoms with Gasteiger partial charge in [0.15, 0.2) is 0 Å². The van der Waals surface area contributed by atoms with Gasteiger partial charge >= 0.3 is 12.0 Å². The first-order valence-electron chi connectivity index (χ1n) is 7.05. The molecule has 3 unspecified atom stereocenters. The second-order valence-electron chi connectivity index (χ2n) is 6.45. The van der Waals surface area contributed by atoms with Crippen molar-refractivity contribution in [2.24, 2.45) is 5.41 Å². The number of carboxylic acid groups (broad SMARTS) is 1. The Bertz CT molecular complexity index is 352. The van der Waals surface area contributed by atoms with Gasteiger partial charge in [0.2, 0.25) is 0 Å². The smallest absolute Gasteiger partial charge is 0.315 e. The molecule has 1 aliphatic carbocycles. The lowest BCUT2D eigenvalue weighted by molar-refractivity contribution is -0.138. The summed E-state index contributed by atoms with van der Waals surface area (Å²) in [4.78, 5) is 22.9. The average molecular weight is 286 g/mol. The third kappa shape index (κ3) is 5.00. The molecule has 1 fully saturated rings. The van der Waals surface area contributed by atoms with Crippen molar-refractivity contribution in [3.63, 3.8) is 0 Å². The molecule has 1 aliphatic rings. The normalized spacial score (nSPS) is 24.2. The van der Waals surface area contributed by atoms with Crippen molar-refractivity contribution >= 4 is 12.0 Å². The number of hydrogen-bond donors (Lipinski definition) is 3. The van der Waals surface area contributed by atoms with Gasteiger partial charge in [0, 0.05) is 13.2 Å². The summed E-state index contributed by atoms with van der Waals surface area (Å²) in [6, 6.07) is -0.729. The summed E-state index contributed by atoms with van der Waals surface area (Å²) in [5, 5.41) is 14.6. The Morgan fingerprint density at radius 1 is 1.35 bits per heavy atom. The molecular weight excluding hydrogens is 260 g/mol. The lowest BCUT2D eigenvalue weighted by atomic mass is 9.85. The van der Waals surface area contributed by atoms with Crippen molar-refractivity contribution in [2.45, 2.75) is 64.6 Å². The average Bonchev–Trinajstić information content (AvgIpc) is 2.73. The van der Waals surface area contributed by atoms with E-state index in [1.807, 2.05) is 20.8 Å². The van der Waals surface area contributed by atoms with E-state index in [1.165, 1.54) is 0 Å². The predicted molar refractivity (Wildman–Crippen MR) is 75.6 cm³/mol. The third-order valence-electron chi connectivity index (χ3n) is 3.80. The molecule has 1 saturated carbocycles. The molecule has 0 saturated heterocycles. The van der Waals surface area contributed by atoms with E-state index in [-0.39, 0.29) is 30.0 Å². The first kappa shape index (κ1) is 16.8. The van der Waals surface area contributed by atoms with E-state index in [0.717, 1.165) is 19.3 Å². The van der Waals surface area contributed by atoms with Gasteiger partial charge < -0.3 is 20.5 Å². The molecule has 0 spiro atoms. The van der Waals surface area contributed by atoms with Crippen LogP contribution in [0.5, 0.6) is 0 Å². The van der Waals surface area contributed by atoms with Crippen LogP contribution in [0.4, 0.5) is 4.79 Å². The van der Waals surface area contributed by atoms with Crippen molar-refractivity contribution < 1.29 is 19.4 Å². The van der Waals surface area contributed by atoms with E-state index in [9.17, 15) is 9.59 Å². The van der Waals surface area contributed by atoms with Crippen LogP contribution >= 0.6 is 0 Å². The molecule has 116 valence electrons. The van der Waals surface area contributed by atoms with Crippen molar-refractivity contribution in [1.82, 2.24) is 10.6 Å². The van der Waals surface area contributed by atoms with Crippen molar-refractivity contribution in [3.8, 4) is 0 Å². The number of ether oxygens (including phenoxy) is 1. The quantitative estimate of drug-likeness (QED) is 0.718. The van der Waals surface area contributed by atoms with E-state index >= 15 is 0 Å². The number of carbonyl (C=O) groups is 2. The Kier molecular flexibility index (Phi) is 5.80. The van der Waals surface area contributed by atoms with Gasteiger partial charge in [-0.25, -0.2) is 4.79 Å². The molecule has 0 bridgehead atoms. The monoisotopic (exact) mass is 286 g/mol. The summed E-state index contributed by atoms with van der Waals surface area (Å²) in [6.45, 7) is 5.73. The summed E-state index contributed by atoms with van der Waals surface area (Å²) in [5.74, 6) is -0.916. The molecule has 0 radical (unpaired) electrons. The van der Waals surface area contributed by atoms with Crippen molar-refractivity contribution in [3.05, 3.63) is 0 Å². The second-order valence-corrected chi connectivity index (χ2v) is 6.45. The minimum Gasteiger partial charge on any atom is -0.481 e. The highest BCUT2D eigenvalue weighted by Crippen LogP contribution is 2.23. The number of amides is 2. The summed E-state index contributed by atoms with van der Waals surface area (Å²) < 4.78 is 5.32. The zero-order valence-electron chi connectivity index (χ0n) is 12.7. The highest BCUT2D eigenvalue weighted by Gasteiger charge is 2.31. The largest absolute Gasteiger partial charge is 0.481 e. The first-order valence-corrected chi connectivity index (χ1v) is 7.05. The summed E-state index contributed by atoms with van der Waals surface area (Å²) >= 11 is 0. The van der Waals surface area contributed by atoms with Crippen LogP contribution < -0.4 is 10.6 Å². The molecule has 0 aromatic heterocycles. The maximum atomic E-state index is 12.0. The van der Waals surface area contributed by atoms with Gasteiger partial charge in [-0.1, -0.05) is 20.8 Å². The van der Waals surface area contributed by atoms with Crippen LogP contribution in [0.2, 0.25) is 0 Å². The highest BCUT2D eigenvalue weighted by atomic mass is 16.5. The zero-order chi connectivity index (χ0) is 15.3. The van der Waals surface area contributed by atoms with Gasteiger partial charge in [-0.2, -0.15) is 0 Å². The molecule has 6 nitrogen and oxygen atoms in total. The molecule has 3 atom stereocenters. The van der Waals surface area contributed by atoms with E-state index in [2.05, 4.69) is 10.6 Å². The Morgan fingerprint density at radius 2 is 2.00 bits per heavy atom. The van der Waals surface area contributed by atoms with Gasteiger partial charge in [0.25, 0.3) is 0 Å². The fourth-order valence-electron chi connectivity index (χ4n) is 2.49. The molecular formula is C14H26N2O4. The number of aliphatic carboxylic acids is 1. The maximum absolute atomic E-state index is 12.0. The van der Waals surface area contributed by atoms with E-state index < -0.39 is 12.0 Å². The molecule has 20 heavy (non-hydrogen) atoms.